The predicted molar refractivity (Wildman–Crippen MR) is 76.1 cm³/mol. The predicted octanol–water partition coefficient (Wildman–Crippen LogP) is 3.78. The highest BCUT2D eigenvalue weighted by atomic mass is 79.9. The standard InChI is InChI=1S/C14H14BrNO2/c1-18-14-6-5-10(7-13(14)17)9-16-12-4-2-3-11(15)8-12/h2-8,16-17H,9H2,1H3. The van der Waals surface area contributed by atoms with Crippen molar-refractivity contribution in [2.45, 2.75) is 6.54 Å². The van der Waals surface area contributed by atoms with E-state index in [1.54, 1.807) is 12.1 Å². The van der Waals surface area contributed by atoms with E-state index in [9.17, 15) is 5.11 Å². The summed E-state index contributed by atoms with van der Waals surface area (Å²) in [6.07, 6.45) is 0. The molecule has 0 radical (unpaired) electrons. The molecule has 0 spiro atoms. The molecule has 0 amide bonds. The Balaban J connectivity index is 2.04. The average molecular weight is 308 g/mol. The summed E-state index contributed by atoms with van der Waals surface area (Å²) in [4.78, 5) is 0. The van der Waals surface area contributed by atoms with Gasteiger partial charge in [0.05, 0.1) is 7.11 Å². The molecule has 0 heterocycles. The smallest absolute Gasteiger partial charge is 0.160 e. The number of halogens is 1. The van der Waals surface area contributed by atoms with Gasteiger partial charge < -0.3 is 15.2 Å². The van der Waals surface area contributed by atoms with Crippen molar-refractivity contribution in [1.82, 2.24) is 0 Å². The van der Waals surface area contributed by atoms with Gasteiger partial charge in [-0.25, -0.2) is 0 Å². The first-order chi connectivity index (χ1) is 8.69. The van der Waals surface area contributed by atoms with Crippen LogP contribution >= 0.6 is 15.9 Å². The van der Waals surface area contributed by atoms with Crippen molar-refractivity contribution in [3.63, 3.8) is 0 Å². The van der Waals surface area contributed by atoms with Crippen molar-refractivity contribution in [3.8, 4) is 11.5 Å². The highest BCUT2D eigenvalue weighted by molar-refractivity contribution is 9.10. The van der Waals surface area contributed by atoms with Crippen LogP contribution in [0.4, 0.5) is 5.69 Å². The first-order valence-corrected chi connectivity index (χ1v) is 6.33. The van der Waals surface area contributed by atoms with Gasteiger partial charge in [0.1, 0.15) is 0 Å². The number of phenols is 1. The van der Waals surface area contributed by atoms with E-state index >= 15 is 0 Å². The van der Waals surface area contributed by atoms with Gasteiger partial charge in [-0.3, -0.25) is 0 Å². The number of anilines is 1. The van der Waals surface area contributed by atoms with E-state index in [0.717, 1.165) is 15.7 Å². The quantitative estimate of drug-likeness (QED) is 0.903. The number of benzene rings is 2. The maximum absolute atomic E-state index is 9.67. The summed E-state index contributed by atoms with van der Waals surface area (Å²) in [5.74, 6) is 0.646. The Morgan fingerprint density at radius 1 is 1.22 bits per heavy atom. The maximum atomic E-state index is 9.67. The fourth-order valence-electron chi connectivity index (χ4n) is 1.65. The van der Waals surface area contributed by atoms with E-state index in [0.29, 0.717) is 12.3 Å². The van der Waals surface area contributed by atoms with Crippen LogP contribution < -0.4 is 10.1 Å². The largest absolute Gasteiger partial charge is 0.504 e. The summed E-state index contributed by atoms with van der Waals surface area (Å²) in [6.45, 7) is 0.647. The minimum atomic E-state index is 0.158. The molecule has 0 aliphatic rings. The van der Waals surface area contributed by atoms with Crippen LogP contribution in [0.1, 0.15) is 5.56 Å². The summed E-state index contributed by atoms with van der Waals surface area (Å²) < 4.78 is 6.03. The number of aromatic hydroxyl groups is 1. The van der Waals surface area contributed by atoms with Gasteiger partial charge in [0.15, 0.2) is 11.5 Å². The Morgan fingerprint density at radius 2 is 2.06 bits per heavy atom. The Kier molecular flexibility index (Phi) is 4.10. The SMILES string of the molecule is COc1ccc(CNc2cccc(Br)c2)cc1O. The number of methoxy groups -OCH3 is 1. The Bertz CT molecular complexity index is 543. The number of phenolic OH excluding ortho intramolecular Hbond substituents is 1. The third-order valence-electron chi connectivity index (χ3n) is 2.56. The molecule has 2 aromatic rings. The molecule has 0 aliphatic carbocycles. The number of ether oxygens (including phenoxy) is 1. The van der Waals surface area contributed by atoms with Gasteiger partial charge in [0.25, 0.3) is 0 Å². The molecular weight excluding hydrogens is 294 g/mol. The van der Waals surface area contributed by atoms with Gasteiger partial charge in [-0.15, -0.1) is 0 Å². The molecule has 0 saturated heterocycles. The Labute approximate surface area is 115 Å². The van der Waals surface area contributed by atoms with Gasteiger partial charge in [-0.1, -0.05) is 28.1 Å². The first-order valence-electron chi connectivity index (χ1n) is 5.54. The monoisotopic (exact) mass is 307 g/mol. The summed E-state index contributed by atoms with van der Waals surface area (Å²) in [6, 6.07) is 13.3. The van der Waals surface area contributed by atoms with E-state index < -0.39 is 0 Å². The van der Waals surface area contributed by atoms with Crippen LogP contribution in [0.5, 0.6) is 11.5 Å². The van der Waals surface area contributed by atoms with Crippen LogP contribution in [0, 0.1) is 0 Å². The zero-order valence-corrected chi connectivity index (χ0v) is 11.6. The molecule has 4 heteroatoms. The van der Waals surface area contributed by atoms with Crippen molar-refractivity contribution in [3.05, 3.63) is 52.5 Å². The molecule has 2 rings (SSSR count). The van der Waals surface area contributed by atoms with Crippen molar-refractivity contribution in [1.29, 1.82) is 0 Å². The molecule has 0 atom stereocenters. The van der Waals surface area contributed by atoms with Crippen molar-refractivity contribution in [2.24, 2.45) is 0 Å². The molecule has 0 saturated carbocycles. The van der Waals surface area contributed by atoms with Crippen molar-refractivity contribution < 1.29 is 9.84 Å². The normalized spacial score (nSPS) is 10.1. The van der Waals surface area contributed by atoms with Crippen LogP contribution in [0.3, 0.4) is 0 Å². The molecule has 94 valence electrons. The fourth-order valence-corrected chi connectivity index (χ4v) is 2.05. The van der Waals surface area contributed by atoms with E-state index in [2.05, 4.69) is 21.2 Å². The maximum Gasteiger partial charge on any atom is 0.160 e. The summed E-state index contributed by atoms with van der Waals surface area (Å²) in [5.41, 5.74) is 2.02. The van der Waals surface area contributed by atoms with E-state index in [1.807, 2.05) is 30.3 Å². The third kappa shape index (κ3) is 3.17. The molecule has 2 aromatic carbocycles. The molecule has 0 unspecified atom stereocenters. The minimum absolute atomic E-state index is 0.158. The zero-order valence-electron chi connectivity index (χ0n) is 9.98. The second kappa shape index (κ2) is 5.78. The second-order valence-electron chi connectivity index (χ2n) is 3.87. The lowest BCUT2D eigenvalue weighted by Gasteiger charge is -2.09. The lowest BCUT2D eigenvalue weighted by Crippen LogP contribution is -1.99. The zero-order chi connectivity index (χ0) is 13.0. The third-order valence-corrected chi connectivity index (χ3v) is 3.06. The van der Waals surface area contributed by atoms with Crippen LogP contribution in [-0.2, 0) is 6.54 Å². The van der Waals surface area contributed by atoms with E-state index in [4.69, 9.17) is 4.74 Å². The molecule has 3 nitrogen and oxygen atoms in total. The minimum Gasteiger partial charge on any atom is -0.504 e. The summed E-state index contributed by atoms with van der Waals surface area (Å²) in [5, 5.41) is 13.0. The molecule has 0 fully saturated rings. The highest BCUT2D eigenvalue weighted by Gasteiger charge is 2.02. The number of nitrogens with one attached hydrogen (secondary N) is 1. The van der Waals surface area contributed by atoms with Crippen LogP contribution in [0.2, 0.25) is 0 Å². The van der Waals surface area contributed by atoms with Crippen LogP contribution in [0.25, 0.3) is 0 Å². The average Bonchev–Trinajstić information content (AvgIpc) is 2.37. The number of hydrogen-bond donors (Lipinski definition) is 2. The number of hydrogen-bond acceptors (Lipinski definition) is 3. The second-order valence-corrected chi connectivity index (χ2v) is 4.79. The van der Waals surface area contributed by atoms with Gasteiger partial charge in [0.2, 0.25) is 0 Å². The van der Waals surface area contributed by atoms with Crippen LogP contribution in [0.15, 0.2) is 46.9 Å². The number of rotatable bonds is 4. The lowest BCUT2D eigenvalue weighted by atomic mass is 10.2. The van der Waals surface area contributed by atoms with Gasteiger partial charge in [-0.2, -0.15) is 0 Å². The fraction of sp³-hybridized carbons (Fsp3) is 0.143. The highest BCUT2D eigenvalue weighted by Crippen LogP contribution is 2.26. The molecule has 0 aromatic heterocycles. The van der Waals surface area contributed by atoms with Gasteiger partial charge in [0, 0.05) is 16.7 Å². The van der Waals surface area contributed by atoms with Crippen molar-refractivity contribution in [2.75, 3.05) is 12.4 Å². The van der Waals surface area contributed by atoms with E-state index in [-0.39, 0.29) is 5.75 Å². The summed E-state index contributed by atoms with van der Waals surface area (Å²) in [7, 11) is 1.54. The Morgan fingerprint density at radius 3 is 2.72 bits per heavy atom. The van der Waals surface area contributed by atoms with Gasteiger partial charge in [-0.05, 0) is 35.9 Å². The van der Waals surface area contributed by atoms with Crippen molar-refractivity contribution >= 4 is 21.6 Å². The molecule has 0 aliphatic heterocycles. The Hall–Kier alpha value is -1.68. The first kappa shape index (κ1) is 12.8. The topological polar surface area (TPSA) is 41.5 Å². The molecule has 2 N–H and O–H groups in total. The van der Waals surface area contributed by atoms with Gasteiger partial charge >= 0.3 is 0 Å². The van der Waals surface area contributed by atoms with Crippen LogP contribution in [-0.4, -0.2) is 12.2 Å². The van der Waals surface area contributed by atoms with E-state index in [1.165, 1.54) is 7.11 Å². The molecular formula is C14H14BrNO2. The molecule has 18 heavy (non-hydrogen) atoms. The summed E-state index contributed by atoms with van der Waals surface area (Å²) >= 11 is 3.42. The molecule has 0 bridgehead atoms. The lowest BCUT2D eigenvalue weighted by molar-refractivity contribution is 0.373.